The first-order valence-electron chi connectivity index (χ1n) is 6.31. The first-order valence-corrected chi connectivity index (χ1v) is 7.60. The molecule has 2 aliphatic rings. The van der Waals surface area contributed by atoms with Gasteiger partial charge in [0.05, 0.1) is 12.6 Å². The highest BCUT2D eigenvalue weighted by atomic mass is 32.1. The van der Waals surface area contributed by atoms with Gasteiger partial charge in [0.15, 0.2) is 0 Å². The van der Waals surface area contributed by atoms with Crippen molar-refractivity contribution in [3.63, 3.8) is 0 Å². The number of ether oxygens (including phenoxy) is 1. The Morgan fingerprint density at radius 1 is 1.58 bits per heavy atom. The minimum Gasteiger partial charge on any atom is -0.376 e. The lowest BCUT2D eigenvalue weighted by molar-refractivity contribution is -0.121. The van der Waals surface area contributed by atoms with Crippen LogP contribution in [0.2, 0.25) is 0 Å². The van der Waals surface area contributed by atoms with Gasteiger partial charge in [0.2, 0.25) is 5.11 Å². The van der Waals surface area contributed by atoms with Gasteiger partial charge in [0.25, 0.3) is 5.91 Å². The highest BCUT2D eigenvalue weighted by Gasteiger charge is 2.33. The Morgan fingerprint density at radius 2 is 2.47 bits per heavy atom. The zero-order valence-corrected chi connectivity index (χ0v) is 12.0. The van der Waals surface area contributed by atoms with Gasteiger partial charge in [0, 0.05) is 17.9 Å². The molecular formula is C13H14N2O2S2. The Hall–Kier alpha value is -1.11. The summed E-state index contributed by atoms with van der Waals surface area (Å²) in [6.45, 7) is 1.32. The molecule has 1 amide bonds. The van der Waals surface area contributed by atoms with Crippen LogP contribution in [0.4, 0.5) is 0 Å². The Labute approximate surface area is 121 Å². The molecule has 0 bridgehead atoms. The molecule has 1 saturated heterocycles. The second kappa shape index (κ2) is 5.48. The average Bonchev–Trinajstić information content (AvgIpc) is 3.10. The Morgan fingerprint density at radius 3 is 3.16 bits per heavy atom. The van der Waals surface area contributed by atoms with Gasteiger partial charge in [-0.2, -0.15) is 0 Å². The molecular weight excluding hydrogens is 280 g/mol. The van der Waals surface area contributed by atoms with Crippen LogP contribution < -0.4 is 0 Å². The summed E-state index contributed by atoms with van der Waals surface area (Å²) in [5.41, 5.74) is 0.547. The van der Waals surface area contributed by atoms with E-state index in [0.717, 1.165) is 24.3 Å². The van der Waals surface area contributed by atoms with E-state index in [1.54, 1.807) is 16.2 Å². The largest absolute Gasteiger partial charge is 0.376 e. The average molecular weight is 294 g/mol. The molecule has 19 heavy (non-hydrogen) atoms. The highest BCUT2D eigenvalue weighted by Crippen LogP contribution is 2.19. The third kappa shape index (κ3) is 2.75. The van der Waals surface area contributed by atoms with Crippen LogP contribution in [0.15, 0.2) is 22.5 Å². The molecule has 0 aliphatic carbocycles. The quantitative estimate of drug-likeness (QED) is 0.798. The van der Waals surface area contributed by atoms with Gasteiger partial charge in [-0.05, 0) is 36.5 Å². The van der Waals surface area contributed by atoms with Gasteiger partial charge < -0.3 is 4.74 Å². The predicted molar refractivity (Wildman–Crippen MR) is 78.7 cm³/mol. The molecule has 0 N–H and O–H groups in total. The van der Waals surface area contributed by atoms with Crippen LogP contribution in [0.1, 0.15) is 17.7 Å². The maximum Gasteiger partial charge on any atom is 0.275 e. The monoisotopic (exact) mass is 294 g/mol. The molecule has 3 heterocycles. The smallest absolute Gasteiger partial charge is 0.275 e. The van der Waals surface area contributed by atoms with Crippen LogP contribution in [0.5, 0.6) is 0 Å². The maximum absolute atomic E-state index is 12.3. The summed E-state index contributed by atoms with van der Waals surface area (Å²) in [6.07, 6.45) is 2.73. The van der Waals surface area contributed by atoms with Gasteiger partial charge in [0.1, 0.15) is 5.71 Å². The summed E-state index contributed by atoms with van der Waals surface area (Å²) in [6, 6.07) is 3.98. The molecule has 0 aromatic carbocycles. The summed E-state index contributed by atoms with van der Waals surface area (Å²) in [4.78, 5) is 19.2. The Kier molecular flexibility index (Phi) is 3.72. The molecule has 1 aromatic heterocycles. The van der Waals surface area contributed by atoms with E-state index in [2.05, 4.69) is 4.99 Å². The second-order valence-electron chi connectivity index (χ2n) is 4.65. The van der Waals surface area contributed by atoms with Crippen molar-refractivity contribution < 1.29 is 9.53 Å². The topological polar surface area (TPSA) is 41.9 Å². The third-order valence-corrected chi connectivity index (χ3v) is 4.47. The lowest BCUT2D eigenvalue weighted by atomic mass is 10.2. The number of amides is 1. The van der Waals surface area contributed by atoms with E-state index in [4.69, 9.17) is 17.0 Å². The van der Waals surface area contributed by atoms with Gasteiger partial charge in [-0.15, -0.1) is 11.3 Å². The van der Waals surface area contributed by atoms with Crippen LogP contribution >= 0.6 is 23.6 Å². The van der Waals surface area contributed by atoms with Crippen molar-refractivity contribution in [3.05, 3.63) is 22.4 Å². The van der Waals surface area contributed by atoms with Gasteiger partial charge in [-0.3, -0.25) is 9.69 Å². The number of carbonyl (C=O) groups is 1. The highest BCUT2D eigenvalue weighted by molar-refractivity contribution is 7.80. The van der Waals surface area contributed by atoms with Crippen LogP contribution in [0.25, 0.3) is 0 Å². The van der Waals surface area contributed by atoms with E-state index < -0.39 is 0 Å². The lowest BCUT2D eigenvalue weighted by Crippen LogP contribution is -2.38. The van der Waals surface area contributed by atoms with Crippen molar-refractivity contribution in [1.82, 2.24) is 4.90 Å². The minimum atomic E-state index is -0.0612. The molecule has 0 radical (unpaired) electrons. The van der Waals surface area contributed by atoms with Crippen molar-refractivity contribution >= 4 is 40.3 Å². The van der Waals surface area contributed by atoms with Crippen LogP contribution in [0, 0.1) is 0 Å². The van der Waals surface area contributed by atoms with Gasteiger partial charge in [-0.25, -0.2) is 4.99 Å². The van der Waals surface area contributed by atoms with Crippen molar-refractivity contribution in [2.45, 2.75) is 25.4 Å². The molecule has 0 spiro atoms. The molecule has 2 aliphatic heterocycles. The number of rotatable bonds is 4. The molecule has 1 atom stereocenters. The van der Waals surface area contributed by atoms with Crippen molar-refractivity contribution in [2.24, 2.45) is 4.99 Å². The first kappa shape index (κ1) is 12.9. The second-order valence-corrected chi connectivity index (χ2v) is 6.05. The Balaban J connectivity index is 1.66. The molecule has 6 heteroatoms. The van der Waals surface area contributed by atoms with E-state index >= 15 is 0 Å². The van der Waals surface area contributed by atoms with E-state index in [1.807, 2.05) is 17.5 Å². The number of nitrogens with zero attached hydrogens (tertiary/aromatic N) is 2. The van der Waals surface area contributed by atoms with Crippen LogP contribution in [-0.4, -0.2) is 40.9 Å². The Bertz CT molecular complexity index is 519. The molecule has 4 nitrogen and oxygen atoms in total. The number of hydrogen-bond acceptors (Lipinski definition) is 4. The molecule has 0 saturated carbocycles. The van der Waals surface area contributed by atoms with Crippen molar-refractivity contribution in [2.75, 3.05) is 13.2 Å². The summed E-state index contributed by atoms with van der Waals surface area (Å²) in [5.74, 6) is -0.0612. The number of aliphatic imine (C=N–C) groups is 1. The fourth-order valence-electron chi connectivity index (χ4n) is 2.31. The number of carbonyl (C=O) groups excluding carboxylic acids is 1. The summed E-state index contributed by atoms with van der Waals surface area (Å²) in [7, 11) is 0. The standard InChI is InChI=1S/C13H14N2O2S2/c16-12-11(7-10-4-2-6-19-10)14-13(18)15(12)8-9-3-1-5-17-9/h2,4,6,9H,1,3,5,7-8H2. The number of hydrogen-bond donors (Lipinski definition) is 0. The fourth-order valence-corrected chi connectivity index (χ4v) is 3.29. The summed E-state index contributed by atoms with van der Waals surface area (Å²) < 4.78 is 5.55. The zero-order valence-electron chi connectivity index (χ0n) is 10.4. The predicted octanol–water partition coefficient (Wildman–Crippen LogP) is 2.04. The van der Waals surface area contributed by atoms with Crippen molar-refractivity contribution in [1.29, 1.82) is 0 Å². The first-order chi connectivity index (χ1) is 9.24. The van der Waals surface area contributed by atoms with E-state index in [9.17, 15) is 4.79 Å². The number of thiocarbonyl (C=S) groups is 1. The zero-order chi connectivity index (χ0) is 13.2. The van der Waals surface area contributed by atoms with E-state index in [-0.39, 0.29) is 12.0 Å². The summed E-state index contributed by atoms with van der Waals surface area (Å²) in [5, 5.41) is 2.38. The van der Waals surface area contributed by atoms with Gasteiger partial charge >= 0.3 is 0 Å². The van der Waals surface area contributed by atoms with E-state index in [0.29, 0.717) is 23.8 Å². The third-order valence-electron chi connectivity index (χ3n) is 3.29. The molecule has 1 aromatic rings. The SMILES string of the molecule is O=C1C(Cc2cccs2)=NC(=S)N1CC1CCCO1. The fraction of sp³-hybridized carbons (Fsp3) is 0.462. The van der Waals surface area contributed by atoms with E-state index in [1.165, 1.54) is 0 Å². The maximum atomic E-state index is 12.3. The minimum absolute atomic E-state index is 0.0612. The molecule has 3 rings (SSSR count). The lowest BCUT2D eigenvalue weighted by Gasteiger charge is -2.18. The normalized spacial score (nSPS) is 23.3. The van der Waals surface area contributed by atoms with Crippen LogP contribution in [-0.2, 0) is 16.0 Å². The van der Waals surface area contributed by atoms with Crippen LogP contribution in [0.3, 0.4) is 0 Å². The number of thiophene rings is 1. The molecule has 1 fully saturated rings. The van der Waals surface area contributed by atoms with Gasteiger partial charge in [-0.1, -0.05) is 6.07 Å². The summed E-state index contributed by atoms with van der Waals surface area (Å²) >= 11 is 6.82. The molecule has 1 unspecified atom stereocenters. The van der Waals surface area contributed by atoms with Crippen molar-refractivity contribution in [3.8, 4) is 0 Å². The molecule has 100 valence electrons.